The molecule has 2 heteroatoms. The van der Waals surface area contributed by atoms with Gasteiger partial charge >= 0.3 is 0 Å². The third-order valence-corrected chi connectivity index (χ3v) is 2.81. The molecule has 92 valence electrons. The first-order valence-electron chi connectivity index (χ1n) is 6.03. The molecule has 0 aliphatic carbocycles. The minimum Gasteiger partial charge on any atom is -0.490 e. The first-order valence-corrected chi connectivity index (χ1v) is 6.56. The lowest BCUT2D eigenvalue weighted by Crippen LogP contribution is -2.14. The van der Waals surface area contributed by atoms with Crippen LogP contribution in [0.3, 0.4) is 0 Å². The second-order valence-electron chi connectivity index (χ2n) is 3.97. The van der Waals surface area contributed by atoms with E-state index in [2.05, 4.69) is 25.7 Å². The molecule has 0 bridgehead atoms. The van der Waals surface area contributed by atoms with Crippen LogP contribution < -0.4 is 4.74 Å². The molecule has 1 rings (SSSR count). The predicted octanol–water partition coefficient (Wildman–Crippen LogP) is 4.15. The van der Waals surface area contributed by atoms with Crippen molar-refractivity contribution in [2.24, 2.45) is 0 Å². The van der Waals surface area contributed by atoms with Gasteiger partial charge in [0.1, 0.15) is 5.75 Å². The van der Waals surface area contributed by atoms with E-state index in [-0.39, 0.29) is 0 Å². The van der Waals surface area contributed by atoms with Crippen molar-refractivity contribution in [3.63, 3.8) is 0 Å². The van der Waals surface area contributed by atoms with E-state index in [0.29, 0.717) is 12.0 Å². The lowest BCUT2D eigenvalue weighted by molar-refractivity contribution is 0.191. The summed E-state index contributed by atoms with van der Waals surface area (Å²) in [7, 11) is 0. The minimum atomic E-state index is 0.300. The van der Waals surface area contributed by atoms with Gasteiger partial charge in [0.05, 0.1) is 12.0 Å². The van der Waals surface area contributed by atoms with E-state index < -0.39 is 0 Å². The van der Waals surface area contributed by atoms with Crippen LogP contribution in [-0.2, 0) is 0 Å². The lowest BCUT2D eigenvalue weighted by atomic mass is 10.1. The van der Waals surface area contributed by atoms with Gasteiger partial charge in [-0.25, -0.2) is 0 Å². The Morgan fingerprint density at radius 2 is 2.00 bits per heavy atom. The number of hydrogen-bond acceptors (Lipinski definition) is 1. The zero-order chi connectivity index (χ0) is 12.7. The van der Waals surface area contributed by atoms with E-state index in [1.54, 1.807) is 0 Å². The maximum Gasteiger partial charge on any atom is 0.122 e. The molecular formula is C15H19ClO. The molecule has 0 saturated carbocycles. The van der Waals surface area contributed by atoms with Crippen LogP contribution in [0.15, 0.2) is 18.2 Å². The normalized spacial score (nSPS) is 9.94. The second kappa shape index (κ2) is 7.25. The van der Waals surface area contributed by atoms with Crippen molar-refractivity contribution in [3.05, 3.63) is 29.3 Å². The molecule has 1 aromatic rings. The van der Waals surface area contributed by atoms with Crippen molar-refractivity contribution in [1.29, 1.82) is 0 Å². The largest absolute Gasteiger partial charge is 0.490 e. The summed E-state index contributed by atoms with van der Waals surface area (Å²) in [6, 6.07) is 6.01. The van der Waals surface area contributed by atoms with Crippen molar-refractivity contribution < 1.29 is 4.74 Å². The van der Waals surface area contributed by atoms with Gasteiger partial charge in [0, 0.05) is 5.56 Å². The van der Waals surface area contributed by atoms with Gasteiger partial charge in [0.2, 0.25) is 0 Å². The molecule has 0 saturated heterocycles. The quantitative estimate of drug-likeness (QED) is 0.576. The summed E-state index contributed by atoms with van der Waals surface area (Å²) >= 11 is 5.53. The van der Waals surface area contributed by atoms with E-state index in [0.717, 1.165) is 29.7 Å². The molecule has 0 fully saturated rings. The number of halogens is 1. The molecule has 1 nitrogen and oxygen atoms in total. The van der Waals surface area contributed by atoms with Crippen molar-refractivity contribution >= 4 is 11.6 Å². The summed E-state index contributed by atoms with van der Waals surface area (Å²) in [6.45, 7) is 6.33. The Bertz CT molecular complexity index is 411. The Morgan fingerprint density at radius 3 is 2.53 bits per heavy atom. The van der Waals surface area contributed by atoms with Crippen LogP contribution in [0.2, 0.25) is 0 Å². The van der Waals surface area contributed by atoms with Gasteiger partial charge in [-0.3, -0.25) is 0 Å². The Hall–Kier alpha value is -1.13. The topological polar surface area (TPSA) is 9.23 Å². The molecule has 0 spiro atoms. The highest BCUT2D eigenvalue weighted by atomic mass is 35.5. The summed E-state index contributed by atoms with van der Waals surface area (Å²) in [5.41, 5.74) is 2.11. The molecule has 0 unspecified atom stereocenters. The molecule has 0 radical (unpaired) electrons. The number of alkyl halides is 1. The predicted molar refractivity (Wildman–Crippen MR) is 73.8 cm³/mol. The van der Waals surface area contributed by atoms with Crippen LogP contribution in [0, 0.1) is 18.8 Å². The van der Waals surface area contributed by atoms with E-state index >= 15 is 0 Å². The number of aryl methyl sites for hydroxylation is 1. The fourth-order valence-corrected chi connectivity index (χ4v) is 1.70. The average Bonchev–Trinajstić information content (AvgIpc) is 2.35. The van der Waals surface area contributed by atoms with Gasteiger partial charge in [-0.1, -0.05) is 25.7 Å². The molecule has 0 aliphatic rings. The second-order valence-corrected chi connectivity index (χ2v) is 4.24. The highest BCUT2D eigenvalue weighted by Gasteiger charge is 2.07. The molecule has 1 aromatic carbocycles. The van der Waals surface area contributed by atoms with E-state index in [4.69, 9.17) is 16.3 Å². The maximum absolute atomic E-state index is 5.93. The zero-order valence-electron chi connectivity index (χ0n) is 10.7. The number of hydrogen-bond donors (Lipinski definition) is 0. The zero-order valence-corrected chi connectivity index (χ0v) is 11.5. The molecule has 0 N–H and O–H groups in total. The van der Waals surface area contributed by atoms with Crippen LogP contribution in [0.5, 0.6) is 5.75 Å². The van der Waals surface area contributed by atoms with Crippen molar-refractivity contribution in [2.75, 3.05) is 5.88 Å². The molecule has 0 amide bonds. The summed E-state index contributed by atoms with van der Waals surface area (Å²) in [6.07, 6.45) is 2.36. The lowest BCUT2D eigenvalue weighted by Gasteiger charge is -2.17. The molecule has 0 aromatic heterocycles. The van der Waals surface area contributed by atoms with Crippen molar-refractivity contribution in [2.45, 2.75) is 39.7 Å². The molecule has 0 heterocycles. The highest BCUT2D eigenvalue weighted by Crippen LogP contribution is 2.21. The Labute approximate surface area is 109 Å². The van der Waals surface area contributed by atoms with E-state index in [1.807, 2.05) is 25.1 Å². The van der Waals surface area contributed by atoms with Gasteiger partial charge in [-0.15, -0.1) is 11.6 Å². The summed E-state index contributed by atoms with van der Waals surface area (Å²) in [5.74, 6) is 7.18. The molecular weight excluding hydrogens is 232 g/mol. The smallest absolute Gasteiger partial charge is 0.122 e. The van der Waals surface area contributed by atoms with Gasteiger partial charge < -0.3 is 4.74 Å². The van der Waals surface area contributed by atoms with Crippen LogP contribution in [-0.4, -0.2) is 12.0 Å². The van der Waals surface area contributed by atoms with Crippen molar-refractivity contribution in [1.82, 2.24) is 0 Å². The fraction of sp³-hybridized carbons (Fsp3) is 0.467. The maximum atomic E-state index is 5.93. The number of benzene rings is 1. The van der Waals surface area contributed by atoms with E-state index in [9.17, 15) is 0 Å². The number of rotatable bonds is 4. The molecule has 0 aliphatic heterocycles. The Morgan fingerprint density at radius 1 is 1.29 bits per heavy atom. The van der Waals surface area contributed by atoms with Crippen LogP contribution in [0.1, 0.15) is 37.8 Å². The third kappa shape index (κ3) is 4.32. The van der Waals surface area contributed by atoms with Crippen LogP contribution in [0.4, 0.5) is 0 Å². The highest BCUT2D eigenvalue weighted by molar-refractivity contribution is 6.19. The summed E-state index contributed by atoms with van der Waals surface area (Å²) in [4.78, 5) is 0. The Kier molecular flexibility index (Phi) is 5.94. The molecule has 0 atom stereocenters. The van der Waals surface area contributed by atoms with Crippen LogP contribution >= 0.6 is 11.6 Å². The Balaban J connectivity index is 2.82. The monoisotopic (exact) mass is 250 g/mol. The SMILES string of the molecule is CCC(CC)Oc1ccc(C#CCCl)cc1C. The van der Waals surface area contributed by atoms with E-state index in [1.165, 1.54) is 0 Å². The fourth-order valence-electron chi connectivity index (χ4n) is 1.63. The third-order valence-electron chi connectivity index (χ3n) is 2.68. The summed E-state index contributed by atoms with van der Waals surface area (Å²) < 4.78 is 5.93. The van der Waals surface area contributed by atoms with Gasteiger partial charge in [-0.2, -0.15) is 0 Å². The summed E-state index contributed by atoms with van der Waals surface area (Å²) in [5, 5.41) is 0. The van der Waals surface area contributed by atoms with Crippen LogP contribution in [0.25, 0.3) is 0 Å². The first-order chi connectivity index (χ1) is 8.21. The van der Waals surface area contributed by atoms with Gasteiger partial charge in [-0.05, 0) is 43.5 Å². The standard InChI is InChI=1S/C15H19ClO/c1-4-14(5-2)17-15-9-8-13(7-6-10-16)11-12(15)3/h8-9,11,14H,4-5,10H2,1-3H3. The first kappa shape index (κ1) is 13.9. The average molecular weight is 251 g/mol. The number of ether oxygens (including phenoxy) is 1. The van der Waals surface area contributed by atoms with Gasteiger partial charge in [0.15, 0.2) is 0 Å². The minimum absolute atomic E-state index is 0.300. The van der Waals surface area contributed by atoms with Gasteiger partial charge in [0.25, 0.3) is 0 Å². The van der Waals surface area contributed by atoms with Crippen molar-refractivity contribution in [3.8, 4) is 17.6 Å². The molecule has 17 heavy (non-hydrogen) atoms.